The number of hydrogen-bond donors (Lipinski definition) is 1. The molecule has 2 rings (SSSR count). The summed E-state index contributed by atoms with van der Waals surface area (Å²) in [5.41, 5.74) is 0.232. The fraction of sp³-hybridized carbons (Fsp3) is 0.562. The van der Waals surface area contributed by atoms with E-state index in [0.717, 1.165) is 18.5 Å². The van der Waals surface area contributed by atoms with Crippen molar-refractivity contribution in [2.24, 2.45) is 0 Å². The van der Waals surface area contributed by atoms with Gasteiger partial charge in [0.05, 0.1) is 4.47 Å². The highest BCUT2D eigenvalue weighted by Gasteiger charge is 2.26. The summed E-state index contributed by atoms with van der Waals surface area (Å²) < 4.78 is 19.3. The number of rotatable bonds is 3. The van der Waals surface area contributed by atoms with Gasteiger partial charge in [-0.2, -0.15) is 0 Å². The number of likely N-dealkylation sites (tertiary alicyclic amines) is 1. The molecule has 1 unspecified atom stereocenters. The summed E-state index contributed by atoms with van der Waals surface area (Å²) in [4.78, 5) is 13.9. The Kier molecular flexibility index (Phi) is 5.92. The van der Waals surface area contributed by atoms with E-state index in [1.807, 2.05) is 20.8 Å². The Bertz CT molecular complexity index is 592. The highest BCUT2D eigenvalue weighted by atomic mass is 79.9. The average Bonchev–Trinajstić information content (AvgIpc) is 2.80. The van der Waals surface area contributed by atoms with Crippen LogP contribution in [-0.4, -0.2) is 35.7 Å². The van der Waals surface area contributed by atoms with Gasteiger partial charge in [-0.15, -0.1) is 0 Å². The molecule has 1 fully saturated rings. The van der Waals surface area contributed by atoms with Crippen LogP contribution in [-0.2, 0) is 11.3 Å². The topological polar surface area (TPSA) is 41.6 Å². The fourth-order valence-electron chi connectivity index (χ4n) is 2.49. The van der Waals surface area contributed by atoms with Crippen molar-refractivity contribution in [3.63, 3.8) is 0 Å². The number of ether oxygens (including phenoxy) is 1. The predicted molar refractivity (Wildman–Crippen MR) is 92.2 cm³/mol. The molecule has 1 aromatic rings. The average molecular weight is 408 g/mol. The van der Waals surface area contributed by atoms with Crippen LogP contribution in [0.2, 0.25) is 5.02 Å². The fourth-order valence-corrected chi connectivity index (χ4v) is 3.19. The van der Waals surface area contributed by atoms with Gasteiger partial charge in [-0.25, -0.2) is 9.18 Å². The monoisotopic (exact) mass is 406 g/mol. The van der Waals surface area contributed by atoms with E-state index in [-0.39, 0.29) is 11.9 Å². The van der Waals surface area contributed by atoms with Crippen molar-refractivity contribution in [3.8, 4) is 0 Å². The summed E-state index contributed by atoms with van der Waals surface area (Å²) in [5.74, 6) is -0.327. The molecule has 1 amide bonds. The second-order valence-electron chi connectivity index (χ2n) is 6.72. The summed E-state index contributed by atoms with van der Waals surface area (Å²) >= 11 is 9.28. The number of carbonyl (C=O) groups is 1. The van der Waals surface area contributed by atoms with Crippen molar-refractivity contribution < 1.29 is 13.9 Å². The molecule has 0 radical (unpaired) electrons. The molecular formula is C16H21BrClFN2O2. The zero-order valence-electron chi connectivity index (χ0n) is 13.5. The molecule has 7 heteroatoms. The van der Waals surface area contributed by atoms with Gasteiger partial charge < -0.3 is 10.1 Å². The van der Waals surface area contributed by atoms with Crippen molar-refractivity contribution in [2.75, 3.05) is 13.1 Å². The Morgan fingerprint density at radius 3 is 2.87 bits per heavy atom. The molecule has 1 aliphatic heterocycles. The van der Waals surface area contributed by atoms with Crippen molar-refractivity contribution in [1.82, 2.24) is 10.2 Å². The maximum absolute atomic E-state index is 13.6. The minimum atomic E-state index is -0.509. The lowest BCUT2D eigenvalue weighted by atomic mass is 10.2. The molecule has 0 bridgehead atoms. The Morgan fingerprint density at radius 1 is 1.52 bits per heavy atom. The zero-order chi connectivity index (χ0) is 17.2. The van der Waals surface area contributed by atoms with Gasteiger partial charge in [-0.3, -0.25) is 4.90 Å². The van der Waals surface area contributed by atoms with Crippen LogP contribution in [0.1, 0.15) is 32.8 Å². The van der Waals surface area contributed by atoms with Crippen LogP contribution in [0, 0.1) is 5.82 Å². The Labute approximate surface area is 149 Å². The highest BCUT2D eigenvalue weighted by Crippen LogP contribution is 2.26. The SMILES string of the molecule is CC(C)(C)OC(=O)NC1CCN(Cc2cc(F)c(Br)cc2Cl)C1. The molecule has 1 atom stereocenters. The van der Waals surface area contributed by atoms with Gasteiger partial charge in [0, 0.05) is 30.7 Å². The van der Waals surface area contributed by atoms with Crippen LogP contribution in [0.15, 0.2) is 16.6 Å². The maximum Gasteiger partial charge on any atom is 0.407 e. The number of benzene rings is 1. The molecule has 1 heterocycles. The van der Waals surface area contributed by atoms with E-state index in [9.17, 15) is 9.18 Å². The Morgan fingerprint density at radius 2 is 2.22 bits per heavy atom. The third-order valence-electron chi connectivity index (χ3n) is 3.48. The van der Waals surface area contributed by atoms with E-state index in [0.29, 0.717) is 22.6 Å². The normalized spacial score (nSPS) is 19.0. The van der Waals surface area contributed by atoms with Crippen LogP contribution >= 0.6 is 27.5 Å². The first-order valence-electron chi connectivity index (χ1n) is 7.49. The molecule has 1 aliphatic rings. The second-order valence-corrected chi connectivity index (χ2v) is 7.99. The standard InChI is InChI=1S/C16H21BrClFN2O2/c1-16(2,3)23-15(22)20-11-4-5-21(9-11)8-10-6-14(19)12(17)7-13(10)18/h6-7,11H,4-5,8-9H2,1-3H3,(H,20,22). The molecule has 0 saturated carbocycles. The van der Waals surface area contributed by atoms with Crippen LogP contribution in [0.3, 0.4) is 0 Å². The molecule has 0 aromatic heterocycles. The van der Waals surface area contributed by atoms with E-state index < -0.39 is 11.7 Å². The zero-order valence-corrected chi connectivity index (χ0v) is 15.8. The van der Waals surface area contributed by atoms with Gasteiger partial charge >= 0.3 is 6.09 Å². The first-order chi connectivity index (χ1) is 10.6. The number of halogens is 3. The number of nitrogens with one attached hydrogen (secondary N) is 1. The summed E-state index contributed by atoms with van der Waals surface area (Å²) in [7, 11) is 0. The van der Waals surface area contributed by atoms with Gasteiger partial charge in [0.15, 0.2) is 0 Å². The summed E-state index contributed by atoms with van der Waals surface area (Å²) in [5, 5.41) is 3.40. The molecule has 0 aliphatic carbocycles. The number of amides is 1. The Hall–Kier alpha value is -0.850. The van der Waals surface area contributed by atoms with Crippen molar-refractivity contribution in [2.45, 2.75) is 45.4 Å². The van der Waals surface area contributed by atoms with E-state index in [2.05, 4.69) is 26.1 Å². The van der Waals surface area contributed by atoms with Gasteiger partial charge in [0.2, 0.25) is 0 Å². The number of alkyl carbamates (subject to hydrolysis) is 1. The van der Waals surface area contributed by atoms with E-state index >= 15 is 0 Å². The first-order valence-corrected chi connectivity index (χ1v) is 8.66. The molecule has 128 valence electrons. The minimum Gasteiger partial charge on any atom is -0.444 e. The Balaban J connectivity index is 1.89. The van der Waals surface area contributed by atoms with Gasteiger partial charge in [-0.1, -0.05) is 11.6 Å². The third-order valence-corrected chi connectivity index (χ3v) is 4.44. The minimum absolute atomic E-state index is 0.0314. The maximum atomic E-state index is 13.6. The van der Waals surface area contributed by atoms with Crippen molar-refractivity contribution >= 4 is 33.6 Å². The lowest BCUT2D eigenvalue weighted by Crippen LogP contribution is -2.40. The largest absolute Gasteiger partial charge is 0.444 e. The molecule has 23 heavy (non-hydrogen) atoms. The quantitative estimate of drug-likeness (QED) is 0.758. The van der Waals surface area contributed by atoms with E-state index in [1.165, 1.54) is 6.07 Å². The number of nitrogens with zero attached hydrogens (tertiary/aromatic N) is 1. The smallest absolute Gasteiger partial charge is 0.407 e. The molecule has 1 saturated heterocycles. The third kappa shape index (κ3) is 5.62. The summed E-state index contributed by atoms with van der Waals surface area (Å²) in [6.45, 7) is 7.55. The van der Waals surface area contributed by atoms with Crippen LogP contribution in [0.25, 0.3) is 0 Å². The molecule has 4 nitrogen and oxygen atoms in total. The summed E-state index contributed by atoms with van der Waals surface area (Å²) in [6.07, 6.45) is 0.424. The number of carbonyl (C=O) groups excluding carboxylic acids is 1. The van der Waals surface area contributed by atoms with Crippen molar-refractivity contribution in [3.05, 3.63) is 33.0 Å². The van der Waals surface area contributed by atoms with E-state index in [4.69, 9.17) is 16.3 Å². The van der Waals surface area contributed by atoms with Gasteiger partial charge in [0.25, 0.3) is 0 Å². The van der Waals surface area contributed by atoms with Crippen LogP contribution < -0.4 is 5.32 Å². The lowest BCUT2D eigenvalue weighted by Gasteiger charge is -2.22. The molecule has 0 spiro atoms. The lowest BCUT2D eigenvalue weighted by molar-refractivity contribution is 0.0506. The molecular weight excluding hydrogens is 387 g/mol. The van der Waals surface area contributed by atoms with E-state index in [1.54, 1.807) is 6.07 Å². The highest BCUT2D eigenvalue weighted by molar-refractivity contribution is 9.10. The predicted octanol–water partition coefficient (Wildman–Crippen LogP) is 4.34. The van der Waals surface area contributed by atoms with Gasteiger partial charge in [-0.05, 0) is 60.8 Å². The van der Waals surface area contributed by atoms with Crippen molar-refractivity contribution in [1.29, 1.82) is 0 Å². The summed E-state index contributed by atoms with van der Waals surface area (Å²) in [6, 6.07) is 3.05. The van der Waals surface area contributed by atoms with Crippen LogP contribution in [0.4, 0.5) is 9.18 Å². The van der Waals surface area contributed by atoms with Gasteiger partial charge in [0.1, 0.15) is 11.4 Å². The second kappa shape index (κ2) is 7.36. The number of hydrogen-bond acceptors (Lipinski definition) is 3. The van der Waals surface area contributed by atoms with Crippen LogP contribution in [0.5, 0.6) is 0 Å². The first kappa shape index (κ1) is 18.5. The molecule has 1 N–H and O–H groups in total. The molecule has 1 aromatic carbocycles.